The number of esters is 1. The van der Waals surface area contributed by atoms with Gasteiger partial charge in [0.2, 0.25) is 0 Å². The smallest absolute Gasteiger partial charge is 0.339 e. The zero-order chi connectivity index (χ0) is 22.0. The van der Waals surface area contributed by atoms with E-state index in [1.807, 2.05) is 31.2 Å². The van der Waals surface area contributed by atoms with Crippen LogP contribution in [0.2, 0.25) is 10.0 Å². The second-order valence-corrected chi connectivity index (χ2v) is 8.45. The molecule has 1 N–H and O–H groups in total. The second-order valence-electron chi connectivity index (χ2n) is 7.67. The van der Waals surface area contributed by atoms with Crippen LogP contribution in [0, 0.1) is 6.92 Å². The molecule has 4 rings (SSSR count). The van der Waals surface area contributed by atoms with E-state index in [1.165, 1.54) is 0 Å². The molecule has 31 heavy (non-hydrogen) atoms. The van der Waals surface area contributed by atoms with Gasteiger partial charge < -0.3 is 10.1 Å². The Hall–Kier alpha value is -2.63. The number of rotatable bonds is 4. The fraction of sp³-hybridized carbons (Fsp3) is 0.292. The van der Waals surface area contributed by atoms with E-state index in [0.29, 0.717) is 21.3 Å². The van der Waals surface area contributed by atoms with E-state index in [-0.39, 0.29) is 0 Å². The molecule has 0 aliphatic heterocycles. The Kier molecular flexibility index (Phi) is 6.44. The second kappa shape index (κ2) is 9.25. The van der Waals surface area contributed by atoms with Gasteiger partial charge in [0.1, 0.15) is 0 Å². The van der Waals surface area contributed by atoms with Crippen molar-refractivity contribution in [1.29, 1.82) is 0 Å². The molecule has 0 saturated heterocycles. The third kappa shape index (κ3) is 4.53. The highest BCUT2D eigenvalue weighted by molar-refractivity contribution is 6.40. The summed E-state index contributed by atoms with van der Waals surface area (Å²) in [5.74, 6) is -1.03. The summed E-state index contributed by atoms with van der Waals surface area (Å²) in [6.45, 7) is 1.37. The fourth-order valence-electron chi connectivity index (χ4n) is 3.93. The molecule has 7 heteroatoms. The number of para-hydroxylation sites is 1. The quantitative estimate of drug-likeness (QED) is 0.391. The number of benzene rings is 2. The standard InChI is InChI=1S/C24H22Cl2N2O3/c1-14-11-12-17(25)23(22(14)26)28-20(29)13-31-24(30)21-15-7-3-2-4-9-18(15)27-19-10-6-5-8-16(19)21/h5-6,8,10-12H,2-4,7,9,13H2,1H3,(H,28,29). The molecule has 0 saturated carbocycles. The van der Waals surface area contributed by atoms with E-state index >= 15 is 0 Å². The summed E-state index contributed by atoms with van der Waals surface area (Å²) < 4.78 is 5.42. The summed E-state index contributed by atoms with van der Waals surface area (Å²) in [7, 11) is 0. The van der Waals surface area contributed by atoms with Gasteiger partial charge in [-0.05, 0) is 55.9 Å². The van der Waals surface area contributed by atoms with Crippen LogP contribution < -0.4 is 5.32 Å². The van der Waals surface area contributed by atoms with Gasteiger partial charge >= 0.3 is 5.97 Å². The van der Waals surface area contributed by atoms with Crippen LogP contribution in [0.15, 0.2) is 36.4 Å². The Morgan fingerprint density at radius 2 is 1.84 bits per heavy atom. The molecule has 0 radical (unpaired) electrons. The number of pyridine rings is 1. The Bertz CT molecular complexity index is 1180. The van der Waals surface area contributed by atoms with Crippen LogP contribution in [0.4, 0.5) is 5.69 Å². The lowest BCUT2D eigenvalue weighted by molar-refractivity contribution is -0.119. The molecule has 1 heterocycles. The summed E-state index contributed by atoms with van der Waals surface area (Å²) in [5, 5.41) is 4.07. The minimum Gasteiger partial charge on any atom is -0.452 e. The first kappa shape index (κ1) is 21.6. The minimum atomic E-state index is -0.520. The molecule has 1 aliphatic rings. The number of fused-ring (bicyclic) bond motifs is 2. The van der Waals surface area contributed by atoms with Crippen molar-refractivity contribution in [2.75, 3.05) is 11.9 Å². The number of carbonyl (C=O) groups excluding carboxylic acids is 2. The van der Waals surface area contributed by atoms with Crippen LogP contribution in [0.3, 0.4) is 0 Å². The van der Waals surface area contributed by atoms with Crippen molar-refractivity contribution >= 4 is 51.7 Å². The monoisotopic (exact) mass is 456 g/mol. The van der Waals surface area contributed by atoms with Crippen LogP contribution in [-0.4, -0.2) is 23.5 Å². The third-order valence-corrected chi connectivity index (χ3v) is 6.31. The number of aryl methyl sites for hydroxylation is 2. The molecule has 0 bridgehead atoms. The number of nitrogens with one attached hydrogen (secondary N) is 1. The maximum absolute atomic E-state index is 13.1. The summed E-state index contributed by atoms with van der Waals surface area (Å²) in [5.41, 5.74) is 4.26. The van der Waals surface area contributed by atoms with Gasteiger partial charge in [-0.15, -0.1) is 0 Å². The molecule has 0 atom stereocenters. The van der Waals surface area contributed by atoms with Crippen molar-refractivity contribution in [2.24, 2.45) is 0 Å². The molecule has 0 unspecified atom stereocenters. The first-order valence-electron chi connectivity index (χ1n) is 10.3. The van der Waals surface area contributed by atoms with Crippen molar-refractivity contribution < 1.29 is 14.3 Å². The van der Waals surface area contributed by atoms with E-state index in [0.717, 1.165) is 59.8 Å². The van der Waals surface area contributed by atoms with Crippen molar-refractivity contribution in [3.05, 3.63) is 68.8 Å². The van der Waals surface area contributed by atoms with Gasteiger partial charge in [-0.2, -0.15) is 0 Å². The zero-order valence-electron chi connectivity index (χ0n) is 17.1. The average molecular weight is 457 g/mol. The molecule has 2 aromatic carbocycles. The summed E-state index contributed by atoms with van der Waals surface area (Å²) in [6, 6.07) is 11.0. The number of carbonyl (C=O) groups is 2. The molecule has 0 fully saturated rings. The van der Waals surface area contributed by atoms with E-state index in [1.54, 1.807) is 12.1 Å². The highest BCUT2D eigenvalue weighted by Crippen LogP contribution is 2.33. The molecule has 160 valence electrons. The topological polar surface area (TPSA) is 68.3 Å². The number of anilines is 1. The van der Waals surface area contributed by atoms with Crippen LogP contribution in [0.25, 0.3) is 10.9 Å². The molecule has 1 amide bonds. The fourth-order valence-corrected chi connectivity index (χ4v) is 4.40. The maximum atomic E-state index is 13.1. The number of halogens is 2. The van der Waals surface area contributed by atoms with Gasteiger partial charge in [-0.25, -0.2) is 4.79 Å². The number of ether oxygens (including phenoxy) is 1. The maximum Gasteiger partial charge on any atom is 0.339 e. The predicted octanol–water partition coefficient (Wildman–Crippen LogP) is 5.91. The molecule has 1 aromatic heterocycles. The van der Waals surface area contributed by atoms with E-state index < -0.39 is 18.5 Å². The van der Waals surface area contributed by atoms with Crippen LogP contribution >= 0.6 is 23.2 Å². The first-order chi connectivity index (χ1) is 15.0. The van der Waals surface area contributed by atoms with E-state index in [2.05, 4.69) is 5.32 Å². The lowest BCUT2D eigenvalue weighted by Gasteiger charge is -2.15. The van der Waals surface area contributed by atoms with Crippen LogP contribution in [-0.2, 0) is 22.4 Å². The number of aromatic nitrogens is 1. The zero-order valence-corrected chi connectivity index (χ0v) is 18.6. The summed E-state index contributed by atoms with van der Waals surface area (Å²) >= 11 is 12.4. The van der Waals surface area contributed by atoms with Gasteiger partial charge in [0.15, 0.2) is 6.61 Å². The Morgan fingerprint density at radius 3 is 2.68 bits per heavy atom. The molecule has 3 aromatic rings. The Labute approximate surface area is 190 Å². The van der Waals surface area contributed by atoms with Gasteiger partial charge in [0.05, 0.1) is 26.8 Å². The molecular weight excluding hydrogens is 435 g/mol. The summed E-state index contributed by atoms with van der Waals surface area (Å²) in [6.07, 6.45) is 4.76. The molecule has 0 spiro atoms. The largest absolute Gasteiger partial charge is 0.452 e. The number of nitrogens with zero attached hydrogens (tertiary/aromatic N) is 1. The predicted molar refractivity (Wildman–Crippen MR) is 123 cm³/mol. The van der Waals surface area contributed by atoms with Gasteiger partial charge in [0.25, 0.3) is 5.91 Å². The SMILES string of the molecule is Cc1ccc(Cl)c(NC(=O)COC(=O)c2c3c(nc4ccccc24)CCCCC3)c1Cl. The Morgan fingerprint density at radius 1 is 1.06 bits per heavy atom. The van der Waals surface area contributed by atoms with Gasteiger partial charge in [0, 0.05) is 11.1 Å². The lowest BCUT2D eigenvalue weighted by atomic mass is 9.97. The highest BCUT2D eigenvalue weighted by Gasteiger charge is 2.23. The van der Waals surface area contributed by atoms with Crippen LogP contribution in [0.5, 0.6) is 0 Å². The number of amides is 1. The molecule has 5 nitrogen and oxygen atoms in total. The van der Waals surface area contributed by atoms with Crippen LogP contribution in [0.1, 0.15) is 46.4 Å². The first-order valence-corrected chi connectivity index (χ1v) is 11.0. The van der Waals surface area contributed by atoms with E-state index in [4.69, 9.17) is 32.9 Å². The number of hydrogen-bond donors (Lipinski definition) is 1. The molecule has 1 aliphatic carbocycles. The number of hydrogen-bond acceptors (Lipinski definition) is 4. The normalized spacial score (nSPS) is 13.4. The van der Waals surface area contributed by atoms with Gasteiger partial charge in [-0.3, -0.25) is 9.78 Å². The van der Waals surface area contributed by atoms with Crippen molar-refractivity contribution in [3.8, 4) is 0 Å². The highest BCUT2D eigenvalue weighted by atomic mass is 35.5. The van der Waals surface area contributed by atoms with Crippen molar-refractivity contribution in [1.82, 2.24) is 4.98 Å². The van der Waals surface area contributed by atoms with Gasteiger partial charge in [-0.1, -0.05) is 53.9 Å². The average Bonchev–Trinajstić information content (AvgIpc) is 3.01. The summed E-state index contributed by atoms with van der Waals surface area (Å²) in [4.78, 5) is 30.3. The lowest BCUT2D eigenvalue weighted by Crippen LogP contribution is -2.22. The molecular formula is C24H22Cl2N2O3. The van der Waals surface area contributed by atoms with E-state index in [9.17, 15) is 9.59 Å². The third-order valence-electron chi connectivity index (χ3n) is 5.51. The minimum absolute atomic E-state index is 0.313. The Balaban J connectivity index is 1.57. The van der Waals surface area contributed by atoms with Crippen molar-refractivity contribution in [3.63, 3.8) is 0 Å². The van der Waals surface area contributed by atoms with Crippen molar-refractivity contribution in [2.45, 2.75) is 39.0 Å².